The van der Waals surface area contributed by atoms with Gasteiger partial charge < -0.3 is 4.85 Å². The lowest BCUT2D eigenvalue weighted by Crippen LogP contribution is -1.92. The molecule has 0 unspecified atom stereocenters. The van der Waals surface area contributed by atoms with Crippen LogP contribution in [-0.4, -0.2) is 14.4 Å². The minimum absolute atomic E-state index is 0.0504. The molecule has 3 heterocycles. The number of rotatable bonds is 2. The molecule has 25 heavy (non-hydrogen) atoms. The number of hydrogen-bond acceptors (Lipinski definition) is 2. The zero-order valence-electron chi connectivity index (χ0n) is 12.8. The average Bonchev–Trinajstić information content (AvgIpc) is 3.06. The van der Waals surface area contributed by atoms with Crippen LogP contribution < -0.4 is 0 Å². The Kier molecular flexibility index (Phi) is 3.68. The molecule has 0 aliphatic rings. The fraction of sp³-hybridized carbons (Fsp3) is 0. The first-order valence-electron chi connectivity index (χ1n) is 7.43. The molecule has 0 saturated carbocycles. The summed E-state index contributed by atoms with van der Waals surface area (Å²) in [5, 5.41) is 0.0504. The Morgan fingerprint density at radius 3 is 2.72 bits per heavy atom. The molecular weight excluding hydrogens is 339 g/mol. The molecule has 3 aromatic heterocycles. The Hall–Kier alpha value is -3.23. The van der Waals surface area contributed by atoms with E-state index in [-0.39, 0.29) is 5.02 Å². The van der Waals surface area contributed by atoms with Gasteiger partial charge in [0.1, 0.15) is 5.82 Å². The molecule has 4 aromatic rings. The summed E-state index contributed by atoms with van der Waals surface area (Å²) in [5.74, 6) is -0.0310. The van der Waals surface area contributed by atoms with Gasteiger partial charge in [0, 0.05) is 29.0 Å². The summed E-state index contributed by atoms with van der Waals surface area (Å²) in [6.45, 7) is 7.24. The van der Waals surface area contributed by atoms with E-state index in [1.807, 2.05) is 30.5 Å². The molecule has 0 N–H and O–H groups in total. The zero-order chi connectivity index (χ0) is 17.4. The maximum atomic E-state index is 13.5. The Balaban J connectivity index is 1.92. The van der Waals surface area contributed by atoms with Crippen molar-refractivity contribution in [2.75, 3.05) is 0 Å². The van der Waals surface area contributed by atoms with E-state index in [1.54, 1.807) is 22.7 Å². The number of hydrogen-bond donors (Lipinski definition) is 0. The molecule has 0 amide bonds. The minimum atomic E-state index is -0.468. The van der Waals surface area contributed by atoms with Gasteiger partial charge in [0.2, 0.25) is 5.65 Å². The first kappa shape index (κ1) is 15.3. The second kappa shape index (κ2) is 6.00. The van der Waals surface area contributed by atoms with E-state index in [1.165, 1.54) is 12.3 Å². The van der Waals surface area contributed by atoms with Crippen LogP contribution >= 0.6 is 11.6 Å². The van der Waals surface area contributed by atoms with Crippen molar-refractivity contribution in [1.82, 2.24) is 14.4 Å². The molecule has 0 atom stereocenters. The molecule has 0 bridgehead atoms. The van der Waals surface area contributed by atoms with Crippen molar-refractivity contribution in [2.45, 2.75) is 0 Å². The molecule has 0 aliphatic carbocycles. The normalized spacial score (nSPS) is 10.8. The van der Waals surface area contributed by atoms with Crippen molar-refractivity contribution >= 4 is 23.1 Å². The number of pyridine rings is 2. The van der Waals surface area contributed by atoms with Crippen LogP contribution in [0.1, 0.15) is 0 Å². The van der Waals surface area contributed by atoms with E-state index in [0.29, 0.717) is 17.2 Å². The van der Waals surface area contributed by atoms with E-state index in [2.05, 4.69) is 14.8 Å². The Morgan fingerprint density at radius 1 is 1.08 bits per heavy atom. The van der Waals surface area contributed by atoms with Crippen molar-refractivity contribution in [3.8, 4) is 22.4 Å². The van der Waals surface area contributed by atoms with E-state index in [4.69, 9.17) is 18.2 Å². The summed E-state index contributed by atoms with van der Waals surface area (Å²) < 4.78 is 15.2. The van der Waals surface area contributed by atoms with Gasteiger partial charge in [0.05, 0.1) is 23.1 Å². The van der Waals surface area contributed by atoms with Crippen LogP contribution in [0.4, 0.5) is 10.2 Å². The highest BCUT2D eigenvalue weighted by Crippen LogP contribution is 2.32. The van der Waals surface area contributed by atoms with Crippen molar-refractivity contribution in [1.29, 1.82) is 0 Å². The maximum absolute atomic E-state index is 13.5. The summed E-state index contributed by atoms with van der Waals surface area (Å²) in [4.78, 5) is 12.1. The highest BCUT2D eigenvalue weighted by atomic mass is 35.5. The lowest BCUT2D eigenvalue weighted by atomic mass is 10.0. The molecule has 0 aliphatic heterocycles. The Labute approximate surface area is 148 Å². The second-order valence-electron chi connectivity index (χ2n) is 5.40. The lowest BCUT2D eigenvalue weighted by molar-refractivity contribution is 0.628. The molecule has 0 spiro atoms. The first-order valence-corrected chi connectivity index (χ1v) is 7.80. The molecule has 0 radical (unpaired) electrons. The molecular formula is C19H10ClFN4. The van der Waals surface area contributed by atoms with Gasteiger partial charge in [-0.15, -0.1) is 0 Å². The largest absolute Gasteiger partial charge is 0.362 e. The highest BCUT2D eigenvalue weighted by Gasteiger charge is 2.13. The van der Waals surface area contributed by atoms with Gasteiger partial charge in [-0.1, -0.05) is 24.2 Å². The van der Waals surface area contributed by atoms with Crippen molar-refractivity contribution in [3.63, 3.8) is 0 Å². The Bertz CT molecular complexity index is 1140. The molecule has 0 fully saturated rings. The number of imidazole rings is 1. The van der Waals surface area contributed by atoms with Crippen LogP contribution in [0.15, 0.2) is 61.1 Å². The summed E-state index contributed by atoms with van der Waals surface area (Å²) in [5.41, 5.74) is 3.84. The topological polar surface area (TPSA) is 34.5 Å². The number of nitrogens with zero attached hydrogens (tertiary/aromatic N) is 4. The van der Waals surface area contributed by atoms with Crippen LogP contribution in [-0.2, 0) is 0 Å². The van der Waals surface area contributed by atoms with Gasteiger partial charge >= 0.3 is 0 Å². The van der Waals surface area contributed by atoms with E-state index < -0.39 is 5.82 Å². The third-order valence-electron chi connectivity index (χ3n) is 3.91. The third-order valence-corrected chi connectivity index (χ3v) is 4.20. The average molecular weight is 349 g/mol. The van der Waals surface area contributed by atoms with Crippen molar-refractivity contribution in [2.24, 2.45) is 0 Å². The van der Waals surface area contributed by atoms with Crippen LogP contribution in [0.5, 0.6) is 0 Å². The molecule has 1 aromatic carbocycles. The molecule has 0 saturated heterocycles. The van der Waals surface area contributed by atoms with E-state index in [9.17, 15) is 4.39 Å². The van der Waals surface area contributed by atoms with Crippen LogP contribution in [0.25, 0.3) is 32.9 Å². The van der Waals surface area contributed by atoms with Crippen molar-refractivity contribution in [3.05, 3.63) is 83.3 Å². The summed E-state index contributed by atoms with van der Waals surface area (Å²) in [7, 11) is 0. The van der Waals surface area contributed by atoms with E-state index in [0.717, 1.165) is 16.7 Å². The standard InChI is InChI=1S/C19H10ClFN4/c1-22-18-10-24-17-7-5-13(11-25(17)18)14-3-2-8-23-19(14)12-4-6-16(21)15(20)9-12/h2-11H. The van der Waals surface area contributed by atoms with E-state index >= 15 is 0 Å². The van der Waals surface area contributed by atoms with Crippen LogP contribution in [0, 0.1) is 12.4 Å². The quantitative estimate of drug-likeness (QED) is 0.454. The summed E-state index contributed by atoms with van der Waals surface area (Å²) in [6, 6.07) is 12.1. The predicted octanol–water partition coefficient (Wildman–Crippen LogP) is 5.41. The second-order valence-corrected chi connectivity index (χ2v) is 5.81. The maximum Gasteiger partial charge on any atom is 0.254 e. The number of halogens is 2. The number of fused-ring (bicyclic) bond motifs is 1. The highest BCUT2D eigenvalue weighted by molar-refractivity contribution is 6.31. The molecule has 4 rings (SSSR count). The fourth-order valence-electron chi connectivity index (χ4n) is 2.72. The van der Waals surface area contributed by atoms with Crippen LogP contribution in [0.3, 0.4) is 0 Å². The van der Waals surface area contributed by atoms with Gasteiger partial charge in [-0.2, -0.15) is 0 Å². The van der Waals surface area contributed by atoms with Crippen LogP contribution in [0.2, 0.25) is 5.02 Å². The van der Waals surface area contributed by atoms with Gasteiger partial charge in [0.15, 0.2) is 0 Å². The molecule has 4 nitrogen and oxygen atoms in total. The number of benzene rings is 1. The lowest BCUT2D eigenvalue weighted by Gasteiger charge is -2.09. The molecule has 120 valence electrons. The summed E-state index contributed by atoms with van der Waals surface area (Å²) in [6.07, 6.45) is 5.06. The van der Waals surface area contributed by atoms with Gasteiger partial charge in [0.25, 0.3) is 5.82 Å². The smallest absolute Gasteiger partial charge is 0.254 e. The van der Waals surface area contributed by atoms with Gasteiger partial charge in [-0.05, 0) is 30.3 Å². The van der Waals surface area contributed by atoms with Gasteiger partial charge in [-0.3, -0.25) is 4.98 Å². The fourth-order valence-corrected chi connectivity index (χ4v) is 2.90. The van der Waals surface area contributed by atoms with Gasteiger partial charge in [-0.25, -0.2) is 13.8 Å². The summed E-state index contributed by atoms with van der Waals surface area (Å²) >= 11 is 5.92. The zero-order valence-corrected chi connectivity index (χ0v) is 13.6. The monoisotopic (exact) mass is 348 g/mol. The van der Waals surface area contributed by atoms with Crippen molar-refractivity contribution < 1.29 is 4.39 Å². The first-order chi connectivity index (χ1) is 12.2. The number of aromatic nitrogens is 3. The minimum Gasteiger partial charge on any atom is -0.362 e. The predicted molar refractivity (Wildman–Crippen MR) is 95.1 cm³/mol. The SMILES string of the molecule is [C-]#[N+]c1cnc2ccc(-c3cccnc3-c3ccc(F)c(Cl)c3)cn12. The molecule has 6 heteroatoms. The Morgan fingerprint density at radius 2 is 1.92 bits per heavy atom. The third kappa shape index (κ3) is 2.63.